The molecule has 0 unspecified atom stereocenters. The fourth-order valence-corrected chi connectivity index (χ4v) is 1.26. The number of benzene rings is 1. The molecule has 2 aromatic rings. The Balaban J connectivity index is 2.23. The van der Waals surface area contributed by atoms with Crippen molar-refractivity contribution in [1.82, 2.24) is 10.2 Å². The molecule has 1 heterocycles. The summed E-state index contributed by atoms with van der Waals surface area (Å²) >= 11 is 5.60. The molecule has 0 amide bonds. The predicted molar refractivity (Wildman–Crippen MR) is 58.2 cm³/mol. The van der Waals surface area contributed by atoms with Crippen molar-refractivity contribution in [2.45, 2.75) is 0 Å². The molecular weight excluding hydrogens is 245 g/mol. The molecule has 17 heavy (non-hydrogen) atoms. The van der Waals surface area contributed by atoms with Gasteiger partial charge in [0.15, 0.2) is 17.3 Å². The highest BCUT2D eigenvalue weighted by Crippen LogP contribution is 2.25. The Hall–Kier alpha value is -2.19. The maximum absolute atomic E-state index is 13.4. The zero-order valence-corrected chi connectivity index (χ0v) is 9.15. The Bertz CT molecular complexity index is 580. The molecule has 0 fully saturated rings. The maximum atomic E-state index is 13.4. The Morgan fingerprint density at radius 1 is 1.24 bits per heavy atom. The second-order valence-corrected chi connectivity index (χ2v) is 3.48. The molecule has 1 aromatic heterocycles. The largest absolute Gasteiger partial charge is 0.434 e. The molecule has 0 bridgehead atoms. The van der Waals surface area contributed by atoms with Crippen molar-refractivity contribution in [3.8, 4) is 17.7 Å². The van der Waals surface area contributed by atoms with Crippen molar-refractivity contribution in [1.29, 1.82) is 5.26 Å². The van der Waals surface area contributed by atoms with E-state index in [0.29, 0.717) is 0 Å². The van der Waals surface area contributed by atoms with Gasteiger partial charge in [-0.2, -0.15) is 5.26 Å². The van der Waals surface area contributed by atoms with Gasteiger partial charge in [-0.1, -0.05) is 11.6 Å². The molecule has 0 saturated heterocycles. The average Bonchev–Trinajstić information content (AvgIpc) is 2.34. The molecule has 0 aliphatic carbocycles. The van der Waals surface area contributed by atoms with Crippen LogP contribution in [-0.2, 0) is 0 Å². The number of aromatic nitrogens is 2. The van der Waals surface area contributed by atoms with Crippen LogP contribution in [0.1, 0.15) is 5.69 Å². The zero-order valence-electron chi connectivity index (χ0n) is 8.39. The Kier molecular flexibility index (Phi) is 3.17. The summed E-state index contributed by atoms with van der Waals surface area (Å²) in [5.41, 5.74) is 0.161. The summed E-state index contributed by atoms with van der Waals surface area (Å²) in [5, 5.41) is 16.0. The number of ether oxygens (including phenoxy) is 1. The van der Waals surface area contributed by atoms with E-state index in [-0.39, 0.29) is 22.3 Å². The Morgan fingerprint density at radius 2 is 2.06 bits per heavy atom. The number of nitrogens with zero attached hydrogens (tertiary/aromatic N) is 3. The van der Waals surface area contributed by atoms with Crippen molar-refractivity contribution in [3.63, 3.8) is 0 Å². The molecular formula is C11H5ClFN3O. The highest BCUT2D eigenvalue weighted by molar-refractivity contribution is 6.30. The normalized spacial score (nSPS) is 9.71. The van der Waals surface area contributed by atoms with Crippen LogP contribution in [-0.4, -0.2) is 10.2 Å². The van der Waals surface area contributed by atoms with Crippen LogP contribution in [0.25, 0.3) is 0 Å². The van der Waals surface area contributed by atoms with Crippen LogP contribution in [0.5, 0.6) is 11.6 Å². The molecule has 4 nitrogen and oxygen atoms in total. The molecule has 0 aliphatic rings. The van der Waals surface area contributed by atoms with Crippen LogP contribution in [0.15, 0.2) is 30.3 Å². The average molecular weight is 250 g/mol. The number of hydrogen-bond acceptors (Lipinski definition) is 4. The van der Waals surface area contributed by atoms with Crippen LogP contribution in [0.4, 0.5) is 4.39 Å². The minimum Gasteiger partial charge on any atom is -0.434 e. The van der Waals surface area contributed by atoms with E-state index in [2.05, 4.69) is 10.2 Å². The van der Waals surface area contributed by atoms with E-state index in [9.17, 15) is 4.39 Å². The van der Waals surface area contributed by atoms with Crippen molar-refractivity contribution in [2.75, 3.05) is 0 Å². The van der Waals surface area contributed by atoms with E-state index in [1.165, 1.54) is 24.3 Å². The van der Waals surface area contributed by atoms with Crippen molar-refractivity contribution in [3.05, 3.63) is 46.9 Å². The number of rotatable bonds is 2. The molecule has 0 N–H and O–H groups in total. The summed E-state index contributed by atoms with van der Waals surface area (Å²) in [6, 6.07) is 8.69. The van der Waals surface area contributed by atoms with Crippen LogP contribution in [0.2, 0.25) is 5.02 Å². The minimum atomic E-state index is -0.594. The van der Waals surface area contributed by atoms with Gasteiger partial charge in [0, 0.05) is 11.1 Å². The quantitative estimate of drug-likeness (QED) is 0.821. The monoisotopic (exact) mass is 249 g/mol. The van der Waals surface area contributed by atoms with E-state index >= 15 is 0 Å². The Morgan fingerprint density at radius 3 is 2.65 bits per heavy atom. The van der Waals surface area contributed by atoms with Crippen LogP contribution >= 0.6 is 11.6 Å². The van der Waals surface area contributed by atoms with Gasteiger partial charge in [-0.25, -0.2) is 4.39 Å². The minimum absolute atomic E-state index is 0.00610. The second-order valence-electron chi connectivity index (χ2n) is 3.05. The van der Waals surface area contributed by atoms with Gasteiger partial charge in [0.25, 0.3) is 0 Å². The van der Waals surface area contributed by atoms with Crippen LogP contribution < -0.4 is 4.74 Å². The first kappa shape index (κ1) is 11.3. The Labute approximate surface area is 101 Å². The van der Waals surface area contributed by atoms with E-state index in [4.69, 9.17) is 21.6 Å². The molecule has 84 valence electrons. The first-order valence-electron chi connectivity index (χ1n) is 4.56. The first-order chi connectivity index (χ1) is 8.19. The number of halogens is 2. The maximum Gasteiger partial charge on any atom is 0.239 e. The molecule has 0 radical (unpaired) electrons. The van der Waals surface area contributed by atoms with E-state index in [0.717, 1.165) is 6.07 Å². The highest BCUT2D eigenvalue weighted by atomic mass is 35.5. The fourth-order valence-electron chi connectivity index (χ4n) is 1.10. The van der Waals surface area contributed by atoms with Gasteiger partial charge in [-0.05, 0) is 24.3 Å². The summed E-state index contributed by atoms with van der Waals surface area (Å²) in [7, 11) is 0. The highest BCUT2D eigenvalue weighted by Gasteiger charge is 2.06. The predicted octanol–water partition coefficient (Wildman–Crippen LogP) is 2.93. The summed E-state index contributed by atoms with van der Waals surface area (Å²) in [6.07, 6.45) is 0. The molecule has 1 aromatic carbocycles. The molecule has 0 saturated carbocycles. The third kappa shape index (κ3) is 2.68. The third-order valence-electron chi connectivity index (χ3n) is 1.86. The van der Waals surface area contributed by atoms with Gasteiger partial charge in [-0.15, -0.1) is 10.2 Å². The molecule has 0 aliphatic heterocycles. The number of hydrogen-bond donors (Lipinski definition) is 0. The summed E-state index contributed by atoms with van der Waals surface area (Å²) in [6.45, 7) is 0. The lowest BCUT2D eigenvalue weighted by atomic mass is 10.3. The van der Waals surface area contributed by atoms with Gasteiger partial charge in [0.05, 0.1) is 0 Å². The smallest absolute Gasteiger partial charge is 0.239 e. The second kappa shape index (κ2) is 4.76. The van der Waals surface area contributed by atoms with Gasteiger partial charge in [-0.3, -0.25) is 0 Å². The summed E-state index contributed by atoms with van der Waals surface area (Å²) in [4.78, 5) is 0. The van der Waals surface area contributed by atoms with Crippen molar-refractivity contribution < 1.29 is 9.13 Å². The lowest BCUT2D eigenvalue weighted by Crippen LogP contribution is -1.94. The van der Waals surface area contributed by atoms with E-state index in [1.807, 2.05) is 6.07 Å². The third-order valence-corrected chi connectivity index (χ3v) is 2.10. The standard InChI is InChI=1S/C11H5ClFN3O/c12-7-1-3-10(9(13)5-7)17-11-4-2-8(6-14)15-16-11/h1-5H. The molecule has 6 heteroatoms. The fraction of sp³-hybridized carbons (Fsp3) is 0. The van der Waals surface area contributed by atoms with Gasteiger partial charge in [0.1, 0.15) is 6.07 Å². The first-order valence-corrected chi connectivity index (χ1v) is 4.93. The van der Waals surface area contributed by atoms with Gasteiger partial charge < -0.3 is 4.74 Å². The van der Waals surface area contributed by atoms with Crippen molar-refractivity contribution >= 4 is 11.6 Å². The lowest BCUT2D eigenvalue weighted by molar-refractivity contribution is 0.421. The molecule has 0 atom stereocenters. The number of nitriles is 1. The van der Waals surface area contributed by atoms with E-state index in [1.54, 1.807) is 0 Å². The lowest BCUT2D eigenvalue weighted by Gasteiger charge is -2.04. The molecule has 2 rings (SSSR count). The van der Waals surface area contributed by atoms with Gasteiger partial charge >= 0.3 is 0 Å². The SMILES string of the molecule is N#Cc1ccc(Oc2ccc(Cl)cc2F)nn1. The molecule has 0 spiro atoms. The van der Waals surface area contributed by atoms with Crippen LogP contribution in [0, 0.1) is 17.1 Å². The van der Waals surface area contributed by atoms with Gasteiger partial charge in [0.2, 0.25) is 5.88 Å². The summed E-state index contributed by atoms with van der Waals surface area (Å²) in [5.74, 6) is -0.498. The zero-order chi connectivity index (χ0) is 12.3. The topological polar surface area (TPSA) is 58.8 Å². The van der Waals surface area contributed by atoms with E-state index < -0.39 is 5.82 Å². The van der Waals surface area contributed by atoms with Crippen LogP contribution in [0.3, 0.4) is 0 Å². The van der Waals surface area contributed by atoms with Crippen molar-refractivity contribution in [2.24, 2.45) is 0 Å². The summed E-state index contributed by atoms with van der Waals surface area (Å²) < 4.78 is 18.5.